The zero-order valence-electron chi connectivity index (χ0n) is 19.1. The number of carbonyl (C=O) groups excluding carboxylic acids is 1. The molecule has 0 aliphatic carbocycles. The Kier molecular flexibility index (Phi) is 9.30. The summed E-state index contributed by atoms with van der Waals surface area (Å²) < 4.78 is 14.2. The number of carbonyl (C=O) groups is 2. The predicted molar refractivity (Wildman–Crippen MR) is 129 cm³/mol. The van der Waals surface area contributed by atoms with Crippen molar-refractivity contribution in [1.82, 2.24) is 25.6 Å². The first-order valence-corrected chi connectivity index (χ1v) is 11.4. The summed E-state index contributed by atoms with van der Waals surface area (Å²) in [7, 11) is 1.73. The third-order valence-corrected chi connectivity index (χ3v) is 5.83. The standard InChI is InChI=1S/C24H27ClFN5O4/c1-31(8-9-32)14-17(24(34)35)11-19(28-23(33)22-13-27-30-29-22)10-15-2-4-16(5-3-15)20-12-18(25)6-7-21(20)26/h2-7,12-13,17,19,32H,8-11,14H2,1H3,(H,28,33)(H,34,35)(H,27,29,30). The number of benzene rings is 2. The number of carboxylic acid groups (broad SMARTS) is 1. The fourth-order valence-electron chi connectivity index (χ4n) is 3.82. The number of halogens is 2. The van der Waals surface area contributed by atoms with Crippen LogP contribution in [0.3, 0.4) is 0 Å². The van der Waals surface area contributed by atoms with Crippen LogP contribution in [0.15, 0.2) is 48.7 Å². The van der Waals surface area contributed by atoms with Crippen LogP contribution in [0.5, 0.6) is 0 Å². The summed E-state index contributed by atoms with van der Waals surface area (Å²) in [5.74, 6) is -2.65. The van der Waals surface area contributed by atoms with Gasteiger partial charge in [0, 0.05) is 29.7 Å². The lowest BCUT2D eigenvalue weighted by Crippen LogP contribution is -2.42. The molecule has 0 radical (unpaired) electrons. The molecule has 1 aromatic heterocycles. The van der Waals surface area contributed by atoms with E-state index in [9.17, 15) is 19.1 Å². The number of aliphatic hydroxyl groups excluding tert-OH is 1. The number of aromatic amines is 1. The molecule has 0 saturated heterocycles. The van der Waals surface area contributed by atoms with Gasteiger partial charge in [-0.3, -0.25) is 9.59 Å². The fraction of sp³-hybridized carbons (Fsp3) is 0.333. The van der Waals surface area contributed by atoms with Crippen LogP contribution in [0.2, 0.25) is 5.02 Å². The number of aliphatic hydroxyl groups is 1. The summed E-state index contributed by atoms with van der Waals surface area (Å²) in [6, 6.07) is 10.9. The molecule has 11 heteroatoms. The monoisotopic (exact) mass is 503 g/mol. The van der Waals surface area contributed by atoms with E-state index < -0.39 is 29.7 Å². The summed E-state index contributed by atoms with van der Waals surface area (Å²) in [6.45, 7) is 0.454. The van der Waals surface area contributed by atoms with E-state index in [-0.39, 0.29) is 25.3 Å². The summed E-state index contributed by atoms with van der Waals surface area (Å²) in [5.41, 5.74) is 1.93. The molecule has 4 N–H and O–H groups in total. The molecular weight excluding hydrogens is 477 g/mol. The third kappa shape index (κ3) is 7.57. The Morgan fingerprint density at radius 1 is 1.23 bits per heavy atom. The molecule has 2 unspecified atom stereocenters. The van der Waals surface area contributed by atoms with Gasteiger partial charge in [-0.15, -0.1) is 0 Å². The maximum atomic E-state index is 14.2. The normalized spacial score (nSPS) is 12.9. The molecule has 0 aliphatic heterocycles. The third-order valence-electron chi connectivity index (χ3n) is 5.59. The van der Waals surface area contributed by atoms with Crippen LogP contribution in [0.25, 0.3) is 11.1 Å². The summed E-state index contributed by atoms with van der Waals surface area (Å²) in [6.07, 6.45) is 1.78. The van der Waals surface area contributed by atoms with Crippen molar-refractivity contribution in [2.75, 3.05) is 26.7 Å². The van der Waals surface area contributed by atoms with Gasteiger partial charge in [0.25, 0.3) is 5.91 Å². The number of H-pyrrole nitrogens is 1. The number of nitrogens with zero attached hydrogens (tertiary/aromatic N) is 3. The number of hydrogen-bond acceptors (Lipinski definition) is 6. The minimum atomic E-state index is -0.998. The van der Waals surface area contributed by atoms with Crippen molar-refractivity contribution in [2.45, 2.75) is 18.9 Å². The van der Waals surface area contributed by atoms with E-state index in [0.717, 1.165) is 5.56 Å². The molecule has 2 aromatic carbocycles. The average molecular weight is 504 g/mol. The molecule has 3 aromatic rings. The topological polar surface area (TPSA) is 131 Å². The van der Waals surface area contributed by atoms with Crippen molar-refractivity contribution in [3.05, 3.63) is 70.8 Å². The van der Waals surface area contributed by atoms with Crippen LogP contribution in [0, 0.1) is 11.7 Å². The highest BCUT2D eigenvalue weighted by atomic mass is 35.5. The van der Waals surface area contributed by atoms with E-state index >= 15 is 0 Å². The smallest absolute Gasteiger partial charge is 0.307 e. The van der Waals surface area contributed by atoms with Crippen LogP contribution in [-0.2, 0) is 11.2 Å². The number of aromatic nitrogens is 3. The highest BCUT2D eigenvalue weighted by molar-refractivity contribution is 6.30. The second kappa shape index (κ2) is 12.4. The quantitative estimate of drug-likeness (QED) is 0.299. The fourth-order valence-corrected chi connectivity index (χ4v) is 3.99. The van der Waals surface area contributed by atoms with Crippen molar-refractivity contribution < 1.29 is 24.2 Å². The Bertz CT molecular complexity index is 1130. The molecule has 0 bridgehead atoms. The SMILES string of the molecule is CN(CCO)CC(CC(Cc1ccc(-c2cc(Cl)ccc2F)cc1)NC(=O)c1cn[nH]n1)C(=O)O. The zero-order valence-corrected chi connectivity index (χ0v) is 19.9. The Balaban J connectivity index is 1.79. The lowest BCUT2D eigenvalue weighted by Gasteiger charge is -2.25. The van der Waals surface area contributed by atoms with Gasteiger partial charge in [0.2, 0.25) is 0 Å². The lowest BCUT2D eigenvalue weighted by molar-refractivity contribution is -0.142. The van der Waals surface area contributed by atoms with Crippen LogP contribution in [0.4, 0.5) is 4.39 Å². The second-order valence-corrected chi connectivity index (χ2v) is 8.74. The first-order chi connectivity index (χ1) is 16.8. The maximum Gasteiger partial charge on any atom is 0.307 e. The average Bonchev–Trinajstić information content (AvgIpc) is 3.36. The molecule has 0 spiro atoms. The Morgan fingerprint density at radius 3 is 2.60 bits per heavy atom. The van der Waals surface area contributed by atoms with E-state index in [1.54, 1.807) is 42.3 Å². The van der Waals surface area contributed by atoms with Crippen molar-refractivity contribution in [3.63, 3.8) is 0 Å². The highest BCUT2D eigenvalue weighted by Gasteiger charge is 2.26. The van der Waals surface area contributed by atoms with Gasteiger partial charge in [0.15, 0.2) is 5.69 Å². The van der Waals surface area contributed by atoms with E-state index in [1.165, 1.54) is 18.3 Å². The molecule has 0 saturated carbocycles. The minimum Gasteiger partial charge on any atom is -0.481 e. The summed E-state index contributed by atoms with van der Waals surface area (Å²) >= 11 is 6.00. The number of nitrogens with one attached hydrogen (secondary N) is 2. The number of likely N-dealkylation sites (N-methyl/N-ethyl adjacent to an activating group) is 1. The van der Waals surface area contributed by atoms with Gasteiger partial charge in [-0.05, 0) is 49.2 Å². The van der Waals surface area contributed by atoms with Gasteiger partial charge in [-0.1, -0.05) is 35.9 Å². The highest BCUT2D eigenvalue weighted by Crippen LogP contribution is 2.27. The lowest BCUT2D eigenvalue weighted by atomic mass is 9.93. The van der Waals surface area contributed by atoms with Gasteiger partial charge < -0.3 is 20.4 Å². The number of aliphatic carboxylic acids is 1. The summed E-state index contributed by atoms with van der Waals surface area (Å²) in [4.78, 5) is 26.3. The molecule has 186 valence electrons. The number of hydrogen-bond donors (Lipinski definition) is 4. The first kappa shape index (κ1) is 26.3. The van der Waals surface area contributed by atoms with Gasteiger partial charge in [-0.2, -0.15) is 15.4 Å². The molecule has 9 nitrogen and oxygen atoms in total. The minimum absolute atomic E-state index is 0.0886. The Morgan fingerprint density at radius 2 is 1.97 bits per heavy atom. The summed E-state index contributed by atoms with van der Waals surface area (Å²) in [5, 5.41) is 32.0. The number of rotatable bonds is 12. The number of amides is 1. The van der Waals surface area contributed by atoms with E-state index in [4.69, 9.17) is 16.7 Å². The van der Waals surface area contributed by atoms with Crippen molar-refractivity contribution in [1.29, 1.82) is 0 Å². The van der Waals surface area contributed by atoms with Crippen LogP contribution < -0.4 is 5.32 Å². The van der Waals surface area contributed by atoms with Crippen molar-refractivity contribution in [2.24, 2.45) is 5.92 Å². The van der Waals surface area contributed by atoms with Gasteiger partial charge in [0.1, 0.15) is 5.82 Å². The maximum absolute atomic E-state index is 14.2. The molecule has 35 heavy (non-hydrogen) atoms. The van der Waals surface area contributed by atoms with Gasteiger partial charge >= 0.3 is 5.97 Å². The molecular formula is C24H27ClFN5O4. The Hall–Kier alpha value is -3.34. The Labute approximate surface area is 206 Å². The van der Waals surface area contributed by atoms with Crippen LogP contribution >= 0.6 is 11.6 Å². The molecule has 0 aliphatic rings. The second-order valence-electron chi connectivity index (χ2n) is 8.31. The van der Waals surface area contributed by atoms with E-state index in [1.807, 2.05) is 0 Å². The van der Waals surface area contributed by atoms with Crippen molar-refractivity contribution in [3.8, 4) is 11.1 Å². The zero-order chi connectivity index (χ0) is 25.4. The first-order valence-electron chi connectivity index (χ1n) is 11.0. The van der Waals surface area contributed by atoms with E-state index in [0.29, 0.717) is 29.1 Å². The molecule has 3 rings (SSSR count). The number of carboxylic acids is 1. The molecule has 1 amide bonds. The van der Waals surface area contributed by atoms with Gasteiger partial charge in [0.05, 0.1) is 18.7 Å². The van der Waals surface area contributed by atoms with Crippen LogP contribution in [0.1, 0.15) is 22.5 Å². The molecule has 2 atom stereocenters. The predicted octanol–water partition coefficient (Wildman–Crippen LogP) is 2.62. The van der Waals surface area contributed by atoms with Crippen LogP contribution in [-0.4, -0.2) is 75.2 Å². The van der Waals surface area contributed by atoms with E-state index in [2.05, 4.69) is 20.7 Å². The van der Waals surface area contributed by atoms with Gasteiger partial charge in [-0.25, -0.2) is 4.39 Å². The van der Waals surface area contributed by atoms with Crippen molar-refractivity contribution >= 4 is 23.5 Å². The molecule has 1 heterocycles. The largest absolute Gasteiger partial charge is 0.481 e. The molecule has 0 fully saturated rings.